The van der Waals surface area contributed by atoms with Crippen molar-refractivity contribution in [3.8, 4) is 5.75 Å². The van der Waals surface area contributed by atoms with E-state index in [-0.39, 0.29) is 18.1 Å². The van der Waals surface area contributed by atoms with Crippen LogP contribution in [0.1, 0.15) is 5.56 Å². The third kappa shape index (κ3) is 4.26. The number of sulfonamides is 1. The Kier molecular flexibility index (Phi) is 3.65. The van der Waals surface area contributed by atoms with Gasteiger partial charge < -0.3 is 4.74 Å². The number of benzene rings is 1. The van der Waals surface area contributed by atoms with Crippen LogP contribution in [0.15, 0.2) is 18.2 Å². The van der Waals surface area contributed by atoms with E-state index in [0.29, 0.717) is 0 Å². The summed E-state index contributed by atoms with van der Waals surface area (Å²) in [5, 5.41) is 4.77. The van der Waals surface area contributed by atoms with Crippen molar-refractivity contribution in [3.63, 3.8) is 0 Å². The van der Waals surface area contributed by atoms with Gasteiger partial charge in [-0.3, -0.25) is 0 Å². The first-order valence-corrected chi connectivity index (χ1v) is 5.99. The van der Waals surface area contributed by atoms with E-state index in [1.165, 1.54) is 12.1 Å². The highest BCUT2D eigenvalue weighted by atomic mass is 32.2. The molecule has 0 spiro atoms. The fourth-order valence-electron chi connectivity index (χ4n) is 0.989. The van der Waals surface area contributed by atoms with Crippen molar-refractivity contribution in [1.29, 1.82) is 0 Å². The van der Waals surface area contributed by atoms with Crippen LogP contribution in [0.25, 0.3) is 0 Å². The molecule has 0 bridgehead atoms. The maximum atomic E-state index is 13.1. The lowest BCUT2D eigenvalue weighted by Gasteiger charge is -2.06. The molecule has 1 rings (SSSR count). The monoisotopic (exact) mass is 233 g/mol. The van der Waals surface area contributed by atoms with Crippen LogP contribution in [-0.2, 0) is 10.0 Å². The van der Waals surface area contributed by atoms with E-state index in [9.17, 15) is 12.8 Å². The minimum atomic E-state index is -3.56. The molecule has 0 fully saturated rings. The van der Waals surface area contributed by atoms with Gasteiger partial charge in [0.2, 0.25) is 10.0 Å². The highest BCUT2D eigenvalue weighted by Gasteiger charge is 2.06. The van der Waals surface area contributed by atoms with Gasteiger partial charge in [-0.05, 0) is 24.6 Å². The Hall–Kier alpha value is -1.14. The smallest absolute Gasteiger partial charge is 0.212 e. The highest BCUT2D eigenvalue weighted by molar-refractivity contribution is 7.89. The average molecular weight is 233 g/mol. The molecular weight excluding hydrogens is 221 g/mol. The standard InChI is InChI=1S/C9H12FNO3S/c1-7-2-3-8(10)9(6-7)14-4-5-15(11,12)13/h2-3,6H,4-5H2,1H3,(H2,11,12,13). The van der Waals surface area contributed by atoms with Crippen LogP contribution in [0.2, 0.25) is 0 Å². The van der Waals surface area contributed by atoms with Gasteiger partial charge in [-0.15, -0.1) is 0 Å². The van der Waals surface area contributed by atoms with E-state index in [1.807, 2.05) is 0 Å². The normalized spacial score (nSPS) is 11.4. The molecule has 0 saturated carbocycles. The molecule has 0 aliphatic heterocycles. The molecule has 0 aliphatic rings. The summed E-state index contributed by atoms with van der Waals surface area (Å²) < 4.78 is 39.2. The lowest BCUT2D eigenvalue weighted by Crippen LogP contribution is -2.21. The molecule has 0 aliphatic carbocycles. The summed E-state index contributed by atoms with van der Waals surface area (Å²) in [5.74, 6) is -0.811. The number of rotatable bonds is 4. The Morgan fingerprint density at radius 1 is 1.47 bits per heavy atom. The summed E-state index contributed by atoms with van der Waals surface area (Å²) in [5.41, 5.74) is 0.835. The molecule has 1 aromatic rings. The van der Waals surface area contributed by atoms with E-state index < -0.39 is 15.8 Å². The molecule has 0 radical (unpaired) electrons. The lowest BCUT2D eigenvalue weighted by atomic mass is 10.2. The second-order valence-electron chi connectivity index (χ2n) is 3.15. The Morgan fingerprint density at radius 3 is 2.73 bits per heavy atom. The van der Waals surface area contributed by atoms with Gasteiger partial charge in [0.25, 0.3) is 0 Å². The number of ether oxygens (including phenoxy) is 1. The number of hydrogen-bond donors (Lipinski definition) is 1. The molecule has 6 heteroatoms. The summed E-state index contributed by atoms with van der Waals surface area (Å²) in [6, 6.07) is 4.36. The quantitative estimate of drug-likeness (QED) is 0.836. The zero-order valence-corrected chi connectivity index (χ0v) is 9.05. The van der Waals surface area contributed by atoms with Crippen LogP contribution >= 0.6 is 0 Å². The van der Waals surface area contributed by atoms with Crippen molar-refractivity contribution in [2.24, 2.45) is 5.14 Å². The Morgan fingerprint density at radius 2 is 2.13 bits per heavy atom. The minimum absolute atomic E-state index is 0.0404. The molecule has 1 aromatic carbocycles. The third-order valence-electron chi connectivity index (χ3n) is 1.71. The van der Waals surface area contributed by atoms with Crippen molar-refractivity contribution in [2.75, 3.05) is 12.4 Å². The van der Waals surface area contributed by atoms with Gasteiger partial charge >= 0.3 is 0 Å². The predicted octanol–water partition coefficient (Wildman–Crippen LogP) is 0.801. The first kappa shape index (κ1) is 11.9. The topological polar surface area (TPSA) is 69.4 Å². The van der Waals surface area contributed by atoms with Crippen molar-refractivity contribution >= 4 is 10.0 Å². The number of primary sulfonamides is 1. The van der Waals surface area contributed by atoms with Crippen molar-refractivity contribution in [2.45, 2.75) is 6.92 Å². The van der Waals surface area contributed by atoms with Crippen molar-refractivity contribution < 1.29 is 17.5 Å². The zero-order valence-electron chi connectivity index (χ0n) is 8.23. The van der Waals surface area contributed by atoms with Crippen LogP contribution in [0.4, 0.5) is 4.39 Å². The van der Waals surface area contributed by atoms with E-state index >= 15 is 0 Å². The Balaban J connectivity index is 2.61. The Labute approximate surface area is 87.9 Å². The number of halogens is 1. The first-order valence-electron chi connectivity index (χ1n) is 4.28. The zero-order chi connectivity index (χ0) is 11.5. The average Bonchev–Trinajstić information content (AvgIpc) is 2.09. The van der Waals surface area contributed by atoms with Gasteiger partial charge in [0.15, 0.2) is 11.6 Å². The predicted molar refractivity (Wildman–Crippen MR) is 54.6 cm³/mol. The maximum absolute atomic E-state index is 13.1. The summed E-state index contributed by atoms with van der Waals surface area (Å²) in [7, 11) is -3.56. The highest BCUT2D eigenvalue weighted by Crippen LogP contribution is 2.17. The van der Waals surface area contributed by atoms with Gasteiger partial charge in [0, 0.05) is 0 Å². The summed E-state index contributed by atoms with van der Waals surface area (Å²) in [6.07, 6.45) is 0. The minimum Gasteiger partial charge on any atom is -0.489 e. The van der Waals surface area contributed by atoms with Gasteiger partial charge in [-0.1, -0.05) is 6.07 Å². The fraction of sp³-hybridized carbons (Fsp3) is 0.333. The molecular formula is C9H12FNO3S. The lowest BCUT2D eigenvalue weighted by molar-refractivity contribution is 0.322. The molecule has 0 aromatic heterocycles. The van der Waals surface area contributed by atoms with E-state index in [4.69, 9.17) is 9.88 Å². The molecule has 84 valence electrons. The molecule has 0 saturated heterocycles. The summed E-state index contributed by atoms with van der Waals surface area (Å²) >= 11 is 0. The molecule has 4 nitrogen and oxygen atoms in total. The number of aryl methyl sites for hydroxylation is 1. The van der Waals surface area contributed by atoms with E-state index in [0.717, 1.165) is 5.56 Å². The second kappa shape index (κ2) is 4.59. The molecule has 0 unspecified atom stereocenters. The van der Waals surface area contributed by atoms with Crippen LogP contribution in [0.3, 0.4) is 0 Å². The van der Waals surface area contributed by atoms with Gasteiger partial charge in [-0.2, -0.15) is 0 Å². The molecule has 0 heterocycles. The number of hydrogen-bond acceptors (Lipinski definition) is 3. The second-order valence-corrected chi connectivity index (χ2v) is 4.88. The van der Waals surface area contributed by atoms with E-state index in [1.54, 1.807) is 13.0 Å². The summed E-state index contributed by atoms with van der Waals surface area (Å²) in [4.78, 5) is 0. The van der Waals surface area contributed by atoms with E-state index in [2.05, 4.69) is 0 Å². The maximum Gasteiger partial charge on any atom is 0.212 e. The van der Waals surface area contributed by atoms with Crippen LogP contribution < -0.4 is 9.88 Å². The van der Waals surface area contributed by atoms with Crippen LogP contribution in [0.5, 0.6) is 5.75 Å². The first-order chi connectivity index (χ1) is 6.88. The fourth-order valence-corrected chi connectivity index (χ4v) is 1.30. The van der Waals surface area contributed by atoms with Gasteiger partial charge in [-0.25, -0.2) is 17.9 Å². The van der Waals surface area contributed by atoms with Crippen molar-refractivity contribution in [3.05, 3.63) is 29.6 Å². The number of nitrogens with two attached hydrogens (primary N) is 1. The Bertz CT molecular complexity index is 445. The summed E-state index contributed by atoms with van der Waals surface area (Å²) in [6.45, 7) is 1.63. The van der Waals surface area contributed by atoms with Crippen molar-refractivity contribution in [1.82, 2.24) is 0 Å². The molecule has 15 heavy (non-hydrogen) atoms. The van der Waals surface area contributed by atoms with Gasteiger partial charge in [0.05, 0.1) is 5.75 Å². The molecule has 0 atom stereocenters. The van der Waals surface area contributed by atoms with Crippen LogP contribution in [-0.4, -0.2) is 20.8 Å². The van der Waals surface area contributed by atoms with Crippen LogP contribution in [0, 0.1) is 12.7 Å². The molecule has 2 N–H and O–H groups in total. The molecule has 0 amide bonds. The SMILES string of the molecule is Cc1ccc(F)c(OCCS(N)(=O)=O)c1. The largest absolute Gasteiger partial charge is 0.489 e. The van der Waals surface area contributed by atoms with Gasteiger partial charge in [0.1, 0.15) is 6.61 Å². The third-order valence-corrected chi connectivity index (χ3v) is 2.45.